The number of benzene rings is 1. The third kappa shape index (κ3) is 3.60. The zero-order valence-corrected chi connectivity index (χ0v) is 13.9. The molecule has 1 aliphatic heterocycles. The summed E-state index contributed by atoms with van der Waals surface area (Å²) in [6.07, 6.45) is 0.303. The number of rotatable bonds is 6. The highest BCUT2D eigenvalue weighted by Gasteiger charge is 2.38. The first-order valence-electron chi connectivity index (χ1n) is 6.86. The molecule has 1 aromatic carbocycles. The fourth-order valence-electron chi connectivity index (χ4n) is 2.51. The first-order valence-corrected chi connectivity index (χ1v) is 10.1. The van der Waals surface area contributed by atoms with E-state index in [1.807, 2.05) is 0 Å². The van der Waals surface area contributed by atoms with Gasteiger partial charge >= 0.3 is 0 Å². The topological polar surface area (TPSA) is 107 Å². The fraction of sp³-hybridized carbons (Fsp3) is 0.538. The van der Waals surface area contributed by atoms with Crippen molar-refractivity contribution in [3.8, 4) is 5.75 Å². The van der Waals surface area contributed by atoms with Crippen LogP contribution in [0.2, 0.25) is 0 Å². The summed E-state index contributed by atoms with van der Waals surface area (Å²) in [5.74, 6) is 0.409. The molecule has 1 heterocycles. The van der Waals surface area contributed by atoms with Crippen molar-refractivity contribution in [3.63, 3.8) is 0 Å². The van der Waals surface area contributed by atoms with Crippen molar-refractivity contribution in [1.82, 2.24) is 4.31 Å². The van der Waals surface area contributed by atoms with Gasteiger partial charge in [0.15, 0.2) is 9.84 Å². The second-order valence-corrected chi connectivity index (χ2v) is 9.26. The van der Waals surface area contributed by atoms with Crippen LogP contribution in [0, 0.1) is 0 Å². The van der Waals surface area contributed by atoms with E-state index in [-0.39, 0.29) is 29.5 Å². The van der Waals surface area contributed by atoms with Gasteiger partial charge in [-0.2, -0.15) is 4.31 Å². The van der Waals surface area contributed by atoms with Crippen molar-refractivity contribution in [2.45, 2.75) is 17.4 Å². The van der Waals surface area contributed by atoms with Gasteiger partial charge in [0.1, 0.15) is 5.75 Å². The molecule has 1 fully saturated rings. The SMILES string of the molecule is COc1ccc(S(=O)(=O)N(CCN)[C@H]2CCS(=O)(=O)C2)cc1. The van der Waals surface area contributed by atoms with Gasteiger partial charge in [-0.15, -0.1) is 0 Å². The molecule has 0 bridgehead atoms. The average molecular weight is 348 g/mol. The molecule has 9 heteroatoms. The molecule has 0 spiro atoms. The van der Waals surface area contributed by atoms with Crippen LogP contribution >= 0.6 is 0 Å². The summed E-state index contributed by atoms with van der Waals surface area (Å²) in [5, 5.41) is 0. The fourth-order valence-corrected chi connectivity index (χ4v) is 6.01. The Labute approximate surface area is 131 Å². The highest BCUT2D eigenvalue weighted by atomic mass is 32.2. The Bertz CT molecular complexity index is 713. The summed E-state index contributed by atoms with van der Waals surface area (Å²) < 4.78 is 55.0. The predicted molar refractivity (Wildman–Crippen MR) is 83.0 cm³/mol. The Kier molecular flexibility index (Phi) is 5.10. The van der Waals surface area contributed by atoms with E-state index in [4.69, 9.17) is 10.5 Å². The van der Waals surface area contributed by atoms with E-state index in [2.05, 4.69) is 0 Å². The molecule has 22 heavy (non-hydrogen) atoms. The Morgan fingerprint density at radius 3 is 2.41 bits per heavy atom. The van der Waals surface area contributed by atoms with Gasteiger partial charge < -0.3 is 10.5 Å². The van der Waals surface area contributed by atoms with Crippen molar-refractivity contribution in [2.24, 2.45) is 5.73 Å². The molecule has 0 saturated carbocycles. The van der Waals surface area contributed by atoms with Crippen LogP contribution in [0.15, 0.2) is 29.2 Å². The van der Waals surface area contributed by atoms with Crippen LogP contribution in [0.3, 0.4) is 0 Å². The van der Waals surface area contributed by atoms with E-state index in [1.54, 1.807) is 12.1 Å². The second kappa shape index (κ2) is 6.53. The normalized spacial score (nSPS) is 21.1. The largest absolute Gasteiger partial charge is 0.497 e. The molecule has 1 saturated heterocycles. The van der Waals surface area contributed by atoms with Gasteiger partial charge in [0, 0.05) is 19.1 Å². The molecule has 2 N–H and O–H groups in total. The third-order valence-corrected chi connectivity index (χ3v) is 7.35. The Morgan fingerprint density at radius 2 is 1.95 bits per heavy atom. The molecule has 0 amide bonds. The first-order chi connectivity index (χ1) is 10.3. The Morgan fingerprint density at radius 1 is 1.32 bits per heavy atom. The number of sulfone groups is 1. The molecule has 1 atom stereocenters. The lowest BCUT2D eigenvalue weighted by molar-refractivity contribution is 0.347. The predicted octanol–water partition coefficient (Wildman–Crippen LogP) is -0.168. The second-order valence-electron chi connectivity index (χ2n) is 5.14. The maximum Gasteiger partial charge on any atom is 0.243 e. The summed E-state index contributed by atoms with van der Waals surface area (Å²) in [6, 6.07) is 5.45. The number of hydrogen-bond acceptors (Lipinski definition) is 6. The summed E-state index contributed by atoms with van der Waals surface area (Å²) in [6.45, 7) is 0.223. The highest BCUT2D eigenvalue weighted by Crippen LogP contribution is 2.25. The van der Waals surface area contributed by atoms with Crippen LogP contribution in [0.5, 0.6) is 5.75 Å². The molecular weight excluding hydrogens is 328 g/mol. The molecule has 0 aromatic heterocycles. The number of sulfonamides is 1. The smallest absolute Gasteiger partial charge is 0.243 e. The van der Waals surface area contributed by atoms with E-state index in [0.29, 0.717) is 12.2 Å². The van der Waals surface area contributed by atoms with Crippen LogP contribution < -0.4 is 10.5 Å². The number of ether oxygens (including phenoxy) is 1. The molecule has 0 aliphatic carbocycles. The summed E-state index contributed by atoms with van der Waals surface area (Å²) in [5.41, 5.74) is 5.51. The lowest BCUT2D eigenvalue weighted by atomic mass is 10.2. The minimum absolute atomic E-state index is 0.0108. The van der Waals surface area contributed by atoms with E-state index in [1.165, 1.54) is 23.5 Å². The summed E-state index contributed by atoms with van der Waals surface area (Å²) in [7, 11) is -5.47. The van der Waals surface area contributed by atoms with Crippen molar-refractivity contribution >= 4 is 19.9 Å². The number of hydrogen-bond donors (Lipinski definition) is 1. The molecule has 7 nitrogen and oxygen atoms in total. The van der Waals surface area contributed by atoms with Crippen LogP contribution in [-0.2, 0) is 19.9 Å². The first kappa shape index (κ1) is 17.2. The lowest BCUT2D eigenvalue weighted by Gasteiger charge is -2.26. The lowest BCUT2D eigenvalue weighted by Crippen LogP contribution is -2.43. The van der Waals surface area contributed by atoms with E-state index in [9.17, 15) is 16.8 Å². The molecule has 1 aromatic rings. The monoisotopic (exact) mass is 348 g/mol. The minimum atomic E-state index is -3.79. The van der Waals surface area contributed by atoms with Gasteiger partial charge in [-0.3, -0.25) is 0 Å². The quantitative estimate of drug-likeness (QED) is 0.765. The van der Waals surface area contributed by atoms with Crippen molar-refractivity contribution in [3.05, 3.63) is 24.3 Å². The molecule has 0 unspecified atom stereocenters. The molecular formula is C13H20N2O5S2. The summed E-state index contributed by atoms with van der Waals surface area (Å²) >= 11 is 0. The van der Waals surface area contributed by atoms with Crippen LogP contribution in [0.25, 0.3) is 0 Å². The van der Waals surface area contributed by atoms with Gasteiger partial charge in [0.25, 0.3) is 0 Å². The molecule has 124 valence electrons. The zero-order chi connectivity index (χ0) is 16.4. The standard InChI is InChI=1S/C13H20N2O5S2/c1-20-12-2-4-13(5-3-12)22(18,19)15(8-7-14)11-6-9-21(16,17)10-11/h2-5,11H,6-10,14H2,1H3/t11-/m0/s1. The van der Waals surface area contributed by atoms with Gasteiger partial charge in [-0.05, 0) is 30.7 Å². The van der Waals surface area contributed by atoms with Crippen LogP contribution in [0.1, 0.15) is 6.42 Å². The maximum absolute atomic E-state index is 12.8. The van der Waals surface area contributed by atoms with E-state index in [0.717, 1.165) is 0 Å². The van der Waals surface area contributed by atoms with Crippen molar-refractivity contribution in [2.75, 3.05) is 31.7 Å². The zero-order valence-electron chi connectivity index (χ0n) is 12.3. The van der Waals surface area contributed by atoms with Gasteiger partial charge in [-0.1, -0.05) is 0 Å². The van der Waals surface area contributed by atoms with E-state index >= 15 is 0 Å². The molecule has 2 rings (SSSR count). The van der Waals surface area contributed by atoms with Crippen LogP contribution in [-0.4, -0.2) is 58.9 Å². The maximum atomic E-state index is 12.8. The number of nitrogens with zero attached hydrogens (tertiary/aromatic N) is 1. The molecule has 1 aliphatic rings. The number of methoxy groups -OCH3 is 1. The molecule has 0 radical (unpaired) electrons. The number of nitrogens with two attached hydrogens (primary N) is 1. The Hall–Kier alpha value is -1.16. The third-order valence-electron chi connectivity index (χ3n) is 3.63. The van der Waals surface area contributed by atoms with Crippen LogP contribution in [0.4, 0.5) is 0 Å². The van der Waals surface area contributed by atoms with E-state index < -0.39 is 25.9 Å². The Balaban J connectivity index is 2.33. The average Bonchev–Trinajstić information content (AvgIpc) is 2.84. The van der Waals surface area contributed by atoms with Crippen molar-refractivity contribution in [1.29, 1.82) is 0 Å². The van der Waals surface area contributed by atoms with Gasteiger partial charge in [-0.25, -0.2) is 16.8 Å². The van der Waals surface area contributed by atoms with Gasteiger partial charge in [0.2, 0.25) is 10.0 Å². The van der Waals surface area contributed by atoms with Crippen molar-refractivity contribution < 1.29 is 21.6 Å². The minimum Gasteiger partial charge on any atom is -0.497 e. The summed E-state index contributed by atoms with van der Waals surface area (Å²) in [4.78, 5) is 0.103. The van der Waals surface area contributed by atoms with Gasteiger partial charge in [0.05, 0.1) is 23.5 Å². The highest BCUT2D eigenvalue weighted by molar-refractivity contribution is 7.92.